The van der Waals surface area contributed by atoms with Gasteiger partial charge >= 0.3 is 0 Å². The van der Waals surface area contributed by atoms with Gasteiger partial charge in [0.2, 0.25) is 5.91 Å². The lowest BCUT2D eigenvalue weighted by Crippen LogP contribution is -2.31. The molecule has 0 radical (unpaired) electrons. The average molecular weight is 250 g/mol. The molecule has 2 rings (SSSR count). The SMILES string of the molecule is Cc1nn(C)cc1NC(=O)CC1CCN(C)CC1. The summed E-state index contributed by atoms with van der Waals surface area (Å²) < 4.78 is 1.72. The number of aryl methyl sites for hydroxylation is 2. The maximum absolute atomic E-state index is 12.0. The molecule has 0 aliphatic carbocycles. The number of nitrogens with one attached hydrogen (secondary N) is 1. The van der Waals surface area contributed by atoms with Gasteiger partial charge in [-0.2, -0.15) is 5.10 Å². The van der Waals surface area contributed by atoms with E-state index in [2.05, 4.69) is 22.4 Å². The Morgan fingerprint density at radius 3 is 2.67 bits per heavy atom. The summed E-state index contributed by atoms with van der Waals surface area (Å²) in [4.78, 5) is 14.3. The molecular formula is C13H22N4O. The first kappa shape index (κ1) is 13.1. The molecule has 1 fully saturated rings. The summed E-state index contributed by atoms with van der Waals surface area (Å²) in [6.07, 6.45) is 4.72. The molecule has 2 heterocycles. The van der Waals surface area contributed by atoms with Gasteiger partial charge in [0.15, 0.2) is 0 Å². The van der Waals surface area contributed by atoms with Crippen molar-refractivity contribution in [3.05, 3.63) is 11.9 Å². The number of hydrogen-bond donors (Lipinski definition) is 1. The highest BCUT2D eigenvalue weighted by Crippen LogP contribution is 2.20. The lowest BCUT2D eigenvalue weighted by Gasteiger charge is -2.28. The van der Waals surface area contributed by atoms with E-state index in [4.69, 9.17) is 0 Å². The molecule has 0 unspecified atom stereocenters. The van der Waals surface area contributed by atoms with Crippen LogP contribution < -0.4 is 5.32 Å². The number of piperidine rings is 1. The lowest BCUT2D eigenvalue weighted by atomic mass is 9.93. The highest BCUT2D eigenvalue weighted by atomic mass is 16.1. The first-order chi connectivity index (χ1) is 8.54. The molecule has 0 bridgehead atoms. The summed E-state index contributed by atoms with van der Waals surface area (Å²) in [6, 6.07) is 0. The number of nitrogens with zero attached hydrogens (tertiary/aromatic N) is 3. The molecule has 1 aliphatic rings. The second-order valence-electron chi connectivity index (χ2n) is 5.30. The third-order valence-electron chi connectivity index (χ3n) is 3.60. The van der Waals surface area contributed by atoms with Gasteiger partial charge in [-0.05, 0) is 45.8 Å². The number of rotatable bonds is 3. The second kappa shape index (κ2) is 5.52. The normalized spacial score (nSPS) is 17.9. The molecule has 5 heteroatoms. The van der Waals surface area contributed by atoms with Crippen molar-refractivity contribution in [3.63, 3.8) is 0 Å². The lowest BCUT2D eigenvalue weighted by molar-refractivity contribution is -0.117. The largest absolute Gasteiger partial charge is 0.323 e. The minimum atomic E-state index is 0.112. The van der Waals surface area contributed by atoms with Gasteiger partial charge in [-0.15, -0.1) is 0 Å². The van der Waals surface area contributed by atoms with Crippen LogP contribution >= 0.6 is 0 Å². The first-order valence-corrected chi connectivity index (χ1v) is 6.53. The van der Waals surface area contributed by atoms with E-state index in [0.717, 1.165) is 37.3 Å². The molecule has 100 valence electrons. The Kier molecular flexibility index (Phi) is 4.01. The molecule has 1 aliphatic heterocycles. The molecule has 0 atom stereocenters. The zero-order valence-corrected chi connectivity index (χ0v) is 11.4. The summed E-state index contributed by atoms with van der Waals surface area (Å²) in [5.74, 6) is 0.638. The van der Waals surface area contributed by atoms with Crippen molar-refractivity contribution in [2.75, 3.05) is 25.5 Å². The van der Waals surface area contributed by atoms with Crippen LogP contribution in [0.4, 0.5) is 5.69 Å². The van der Waals surface area contributed by atoms with Gasteiger partial charge in [-0.3, -0.25) is 9.48 Å². The minimum absolute atomic E-state index is 0.112. The number of carbonyl (C=O) groups excluding carboxylic acids is 1. The van der Waals surface area contributed by atoms with E-state index in [0.29, 0.717) is 12.3 Å². The van der Waals surface area contributed by atoms with E-state index in [1.54, 1.807) is 4.68 Å². The van der Waals surface area contributed by atoms with Gasteiger partial charge in [0.25, 0.3) is 0 Å². The molecule has 18 heavy (non-hydrogen) atoms. The van der Waals surface area contributed by atoms with Crippen LogP contribution in [0.5, 0.6) is 0 Å². The van der Waals surface area contributed by atoms with Crippen molar-refractivity contribution in [2.45, 2.75) is 26.2 Å². The maximum atomic E-state index is 12.0. The summed E-state index contributed by atoms with van der Waals surface area (Å²) in [5.41, 5.74) is 1.70. The van der Waals surface area contributed by atoms with Crippen molar-refractivity contribution in [2.24, 2.45) is 13.0 Å². The number of amides is 1. The highest BCUT2D eigenvalue weighted by molar-refractivity contribution is 5.91. The monoisotopic (exact) mass is 250 g/mol. The zero-order chi connectivity index (χ0) is 13.1. The number of aromatic nitrogens is 2. The molecule has 1 aromatic heterocycles. The first-order valence-electron chi connectivity index (χ1n) is 6.53. The number of likely N-dealkylation sites (tertiary alicyclic amines) is 1. The molecule has 0 spiro atoms. The number of anilines is 1. The van der Waals surface area contributed by atoms with Crippen LogP contribution in [0.3, 0.4) is 0 Å². The van der Waals surface area contributed by atoms with Crippen LogP contribution in [0.2, 0.25) is 0 Å². The molecule has 1 saturated heterocycles. The minimum Gasteiger partial charge on any atom is -0.323 e. The van der Waals surface area contributed by atoms with Crippen LogP contribution in [-0.2, 0) is 11.8 Å². The number of hydrogen-bond acceptors (Lipinski definition) is 3. The van der Waals surface area contributed by atoms with Gasteiger partial charge in [0, 0.05) is 19.7 Å². The summed E-state index contributed by atoms with van der Waals surface area (Å²) >= 11 is 0. The van der Waals surface area contributed by atoms with Crippen LogP contribution in [0, 0.1) is 12.8 Å². The maximum Gasteiger partial charge on any atom is 0.224 e. The average Bonchev–Trinajstić information content (AvgIpc) is 2.61. The Morgan fingerprint density at radius 1 is 1.44 bits per heavy atom. The fourth-order valence-corrected chi connectivity index (χ4v) is 2.45. The number of carbonyl (C=O) groups is 1. The molecule has 0 saturated carbocycles. The molecule has 1 N–H and O–H groups in total. The van der Waals surface area contributed by atoms with E-state index < -0.39 is 0 Å². The second-order valence-corrected chi connectivity index (χ2v) is 5.30. The predicted molar refractivity (Wildman–Crippen MR) is 71.4 cm³/mol. The summed E-state index contributed by atoms with van der Waals surface area (Å²) in [5, 5.41) is 7.17. The Balaban J connectivity index is 1.83. The topological polar surface area (TPSA) is 50.2 Å². The van der Waals surface area contributed by atoms with Gasteiger partial charge in [-0.1, -0.05) is 0 Å². The Bertz CT molecular complexity index is 419. The third-order valence-corrected chi connectivity index (χ3v) is 3.60. The summed E-state index contributed by atoms with van der Waals surface area (Å²) in [6.45, 7) is 4.11. The van der Waals surface area contributed by atoms with E-state index in [9.17, 15) is 4.79 Å². The standard InChI is InChI=1S/C13H22N4O/c1-10-12(9-17(3)15-10)14-13(18)8-11-4-6-16(2)7-5-11/h9,11H,4-8H2,1-3H3,(H,14,18). The van der Waals surface area contributed by atoms with Gasteiger partial charge in [0.05, 0.1) is 11.4 Å². The van der Waals surface area contributed by atoms with Gasteiger partial charge in [-0.25, -0.2) is 0 Å². The Hall–Kier alpha value is -1.36. The fraction of sp³-hybridized carbons (Fsp3) is 0.692. The van der Waals surface area contributed by atoms with Crippen molar-refractivity contribution >= 4 is 11.6 Å². The van der Waals surface area contributed by atoms with E-state index in [1.807, 2.05) is 20.2 Å². The van der Waals surface area contributed by atoms with Crippen molar-refractivity contribution < 1.29 is 4.79 Å². The third kappa shape index (κ3) is 3.32. The molecular weight excluding hydrogens is 228 g/mol. The Labute approximate surface area is 108 Å². The zero-order valence-electron chi connectivity index (χ0n) is 11.4. The van der Waals surface area contributed by atoms with E-state index in [1.165, 1.54) is 0 Å². The Morgan fingerprint density at radius 2 is 2.11 bits per heavy atom. The van der Waals surface area contributed by atoms with Crippen LogP contribution in [0.1, 0.15) is 25.0 Å². The smallest absolute Gasteiger partial charge is 0.224 e. The van der Waals surface area contributed by atoms with Gasteiger partial charge < -0.3 is 10.2 Å². The predicted octanol–water partition coefficient (Wildman–Crippen LogP) is 1.40. The van der Waals surface area contributed by atoms with Crippen LogP contribution in [0.25, 0.3) is 0 Å². The van der Waals surface area contributed by atoms with Crippen LogP contribution in [0.15, 0.2) is 6.20 Å². The quantitative estimate of drug-likeness (QED) is 0.882. The van der Waals surface area contributed by atoms with Crippen molar-refractivity contribution in [3.8, 4) is 0 Å². The van der Waals surface area contributed by atoms with Crippen molar-refractivity contribution in [1.29, 1.82) is 0 Å². The molecule has 0 aromatic carbocycles. The molecule has 5 nitrogen and oxygen atoms in total. The van der Waals surface area contributed by atoms with Crippen LogP contribution in [-0.4, -0.2) is 40.7 Å². The van der Waals surface area contributed by atoms with Gasteiger partial charge in [0.1, 0.15) is 0 Å². The van der Waals surface area contributed by atoms with E-state index >= 15 is 0 Å². The molecule has 1 aromatic rings. The summed E-state index contributed by atoms with van der Waals surface area (Å²) in [7, 11) is 3.99. The fourth-order valence-electron chi connectivity index (χ4n) is 2.45. The van der Waals surface area contributed by atoms with E-state index in [-0.39, 0.29) is 5.91 Å². The molecule has 1 amide bonds. The van der Waals surface area contributed by atoms with Crippen molar-refractivity contribution in [1.82, 2.24) is 14.7 Å². The highest BCUT2D eigenvalue weighted by Gasteiger charge is 2.20.